The van der Waals surface area contributed by atoms with Crippen LogP contribution in [0.3, 0.4) is 0 Å². The first-order chi connectivity index (χ1) is 16.0. The first-order valence-corrected chi connectivity index (χ1v) is 9.83. The molecule has 0 radical (unpaired) electrons. The zero-order chi connectivity index (χ0) is 24.5. The second kappa shape index (κ2) is 8.69. The Morgan fingerprint density at radius 3 is 2.06 bits per heavy atom. The number of aromatic nitrogens is 1. The predicted molar refractivity (Wildman–Crippen MR) is 114 cm³/mol. The lowest BCUT2D eigenvalue weighted by Crippen LogP contribution is -2.21. The number of nitrogens with zero attached hydrogens (tertiary/aromatic N) is 1. The highest BCUT2D eigenvalue weighted by atomic mass is 19.4. The number of nitrogens with one attached hydrogen (secondary N) is 2. The second-order valence-corrected chi connectivity index (χ2v) is 7.33. The largest absolute Gasteiger partial charge is 0.416 e. The average Bonchev–Trinajstić information content (AvgIpc) is 3.23. The van der Waals surface area contributed by atoms with E-state index in [1.54, 1.807) is 30.3 Å². The topological polar surface area (TPSA) is 57.2 Å². The van der Waals surface area contributed by atoms with Crippen molar-refractivity contribution < 1.29 is 31.1 Å². The summed E-state index contributed by atoms with van der Waals surface area (Å²) in [5.74, 6) is -0.674. The van der Waals surface area contributed by atoms with Crippen molar-refractivity contribution in [3.8, 4) is 0 Å². The van der Waals surface area contributed by atoms with E-state index >= 15 is 0 Å². The maximum atomic E-state index is 13.2. The van der Waals surface area contributed by atoms with Gasteiger partial charge in [-0.05, 0) is 36.4 Å². The second-order valence-electron chi connectivity index (χ2n) is 7.33. The Bertz CT molecular complexity index is 1330. The lowest BCUT2D eigenvalue weighted by atomic mass is 9.99. The molecule has 0 aliphatic heterocycles. The molecular formula is C24H15F6N3O. The van der Waals surface area contributed by atoms with E-state index in [2.05, 4.69) is 15.5 Å². The van der Waals surface area contributed by atoms with Crippen molar-refractivity contribution in [2.45, 2.75) is 12.4 Å². The molecule has 0 spiro atoms. The lowest BCUT2D eigenvalue weighted by molar-refractivity contribution is -0.138. The van der Waals surface area contributed by atoms with Crippen LogP contribution in [-0.4, -0.2) is 16.6 Å². The average molecular weight is 475 g/mol. The van der Waals surface area contributed by atoms with Crippen molar-refractivity contribution in [1.82, 2.24) is 10.4 Å². The van der Waals surface area contributed by atoms with Crippen molar-refractivity contribution in [1.29, 1.82) is 0 Å². The molecule has 2 N–H and O–H groups in total. The quantitative estimate of drug-likeness (QED) is 0.201. The van der Waals surface area contributed by atoms with Gasteiger partial charge >= 0.3 is 12.4 Å². The first-order valence-electron chi connectivity index (χ1n) is 9.83. The predicted octanol–water partition coefficient (Wildman–Crippen LogP) is 6.39. The van der Waals surface area contributed by atoms with Crippen LogP contribution in [-0.2, 0) is 12.4 Å². The molecule has 0 aliphatic carbocycles. The number of para-hydroxylation sites is 1. The van der Waals surface area contributed by atoms with E-state index in [9.17, 15) is 31.1 Å². The summed E-state index contributed by atoms with van der Waals surface area (Å²) in [7, 11) is 0. The zero-order valence-corrected chi connectivity index (χ0v) is 17.1. The van der Waals surface area contributed by atoms with Gasteiger partial charge in [-0.15, -0.1) is 0 Å². The Morgan fingerprint density at radius 1 is 0.735 bits per heavy atom. The van der Waals surface area contributed by atoms with E-state index in [0.717, 1.165) is 47.9 Å². The minimum absolute atomic E-state index is 0.0356. The third kappa shape index (κ3) is 4.95. The van der Waals surface area contributed by atoms with E-state index < -0.39 is 29.4 Å². The van der Waals surface area contributed by atoms with Crippen molar-refractivity contribution in [3.63, 3.8) is 0 Å². The fraction of sp³-hybridized carbons (Fsp3) is 0.0833. The summed E-state index contributed by atoms with van der Waals surface area (Å²) in [4.78, 5) is 15.5. The highest BCUT2D eigenvalue weighted by Gasteiger charge is 2.32. The molecular weight excluding hydrogens is 460 g/mol. The van der Waals surface area contributed by atoms with Gasteiger partial charge in [-0.25, -0.2) is 5.43 Å². The molecule has 4 rings (SSSR count). The molecule has 0 saturated heterocycles. The van der Waals surface area contributed by atoms with Gasteiger partial charge in [0.1, 0.15) is 5.69 Å². The van der Waals surface area contributed by atoms with Crippen molar-refractivity contribution in [2.24, 2.45) is 5.10 Å². The van der Waals surface area contributed by atoms with Crippen LogP contribution in [0.25, 0.3) is 10.9 Å². The van der Waals surface area contributed by atoms with Gasteiger partial charge < -0.3 is 4.98 Å². The molecule has 0 aliphatic rings. The number of hydrazone groups is 1. The molecule has 0 unspecified atom stereocenters. The minimum atomic E-state index is -4.64. The number of hydrogen-bond donors (Lipinski definition) is 2. The fourth-order valence-corrected chi connectivity index (χ4v) is 3.32. The molecule has 1 aromatic heterocycles. The molecule has 0 saturated carbocycles. The Morgan fingerprint density at radius 2 is 1.41 bits per heavy atom. The molecule has 1 amide bonds. The normalized spacial score (nSPS) is 12.7. The minimum Gasteiger partial charge on any atom is -0.350 e. The summed E-state index contributed by atoms with van der Waals surface area (Å²) < 4.78 is 78.5. The third-order valence-corrected chi connectivity index (χ3v) is 4.99. The molecule has 4 aromatic rings. The van der Waals surface area contributed by atoms with Crippen molar-refractivity contribution in [2.75, 3.05) is 0 Å². The number of rotatable bonds is 4. The molecule has 174 valence electrons. The number of halogens is 6. The fourth-order valence-electron chi connectivity index (χ4n) is 3.32. The Hall–Kier alpha value is -4.08. The van der Waals surface area contributed by atoms with E-state index in [1.807, 2.05) is 0 Å². The molecule has 0 atom stereocenters. The number of benzene rings is 3. The van der Waals surface area contributed by atoms with Crippen LogP contribution in [0, 0.1) is 0 Å². The number of hydrogen-bond acceptors (Lipinski definition) is 2. The van der Waals surface area contributed by atoms with Gasteiger partial charge in [-0.1, -0.05) is 42.5 Å². The molecule has 10 heteroatoms. The lowest BCUT2D eigenvalue weighted by Gasteiger charge is -2.12. The van der Waals surface area contributed by atoms with Gasteiger partial charge in [0.2, 0.25) is 0 Å². The zero-order valence-electron chi connectivity index (χ0n) is 17.1. The number of carbonyl (C=O) groups excluding carboxylic acids is 1. The molecule has 4 nitrogen and oxygen atoms in total. The molecule has 0 fully saturated rings. The van der Waals surface area contributed by atoms with Crippen LogP contribution in [0.2, 0.25) is 0 Å². The number of fused-ring (bicyclic) bond motifs is 1. The van der Waals surface area contributed by atoms with Gasteiger partial charge in [0.05, 0.1) is 16.8 Å². The number of amides is 1. The number of carbonyl (C=O) groups is 1. The maximum absolute atomic E-state index is 13.2. The van der Waals surface area contributed by atoms with Gasteiger partial charge in [0.25, 0.3) is 5.91 Å². The number of H-pyrrole nitrogens is 1. The van der Waals surface area contributed by atoms with Crippen LogP contribution >= 0.6 is 0 Å². The first kappa shape index (κ1) is 23.1. The van der Waals surface area contributed by atoms with E-state index in [4.69, 9.17) is 0 Å². The third-order valence-electron chi connectivity index (χ3n) is 4.99. The van der Waals surface area contributed by atoms with E-state index in [-0.39, 0.29) is 22.5 Å². The summed E-state index contributed by atoms with van der Waals surface area (Å²) in [5, 5.41) is 4.74. The molecule has 3 aromatic carbocycles. The summed E-state index contributed by atoms with van der Waals surface area (Å²) in [6.45, 7) is 0. The summed E-state index contributed by atoms with van der Waals surface area (Å²) >= 11 is 0. The Labute approximate surface area is 188 Å². The molecule has 0 bridgehead atoms. The smallest absolute Gasteiger partial charge is 0.350 e. The highest BCUT2D eigenvalue weighted by Crippen LogP contribution is 2.31. The summed E-state index contributed by atoms with van der Waals surface area (Å²) in [6.07, 6.45) is -9.23. The van der Waals surface area contributed by atoms with Crippen molar-refractivity contribution >= 4 is 22.5 Å². The van der Waals surface area contributed by atoms with Gasteiger partial charge in [-0.2, -0.15) is 31.4 Å². The number of aromatic amines is 1. The highest BCUT2D eigenvalue weighted by molar-refractivity contribution is 6.13. The van der Waals surface area contributed by atoms with Crippen LogP contribution in [0.5, 0.6) is 0 Å². The van der Waals surface area contributed by atoms with Crippen LogP contribution in [0.4, 0.5) is 26.3 Å². The van der Waals surface area contributed by atoms with Crippen LogP contribution < -0.4 is 5.43 Å². The Kier molecular flexibility index (Phi) is 5.90. The monoisotopic (exact) mass is 475 g/mol. The standard InChI is InChI=1S/C24H15F6N3O/c25-23(26,27)17-10-8-14(9-11-17)21(16-5-3-6-18(12-16)24(28,29)30)32-33-22(34)20-13-15-4-1-2-7-19(15)31-20/h1-13,31H,(H,33,34)/b32-21+. The van der Waals surface area contributed by atoms with Gasteiger partial charge in [0.15, 0.2) is 0 Å². The van der Waals surface area contributed by atoms with Gasteiger partial charge in [-0.3, -0.25) is 4.79 Å². The van der Waals surface area contributed by atoms with E-state index in [1.165, 1.54) is 6.07 Å². The maximum Gasteiger partial charge on any atom is 0.416 e. The van der Waals surface area contributed by atoms with Crippen LogP contribution in [0.1, 0.15) is 32.7 Å². The van der Waals surface area contributed by atoms with E-state index in [0.29, 0.717) is 5.52 Å². The Balaban J connectivity index is 1.72. The molecule has 1 heterocycles. The summed E-state index contributed by atoms with van der Waals surface area (Å²) in [6, 6.07) is 16.5. The number of alkyl halides is 6. The SMILES string of the molecule is O=C(N/N=C(\c1ccc(C(F)(F)F)cc1)c1cccc(C(F)(F)F)c1)c1cc2ccccc2[nH]1. The van der Waals surface area contributed by atoms with Crippen molar-refractivity contribution in [3.05, 3.63) is 107 Å². The summed E-state index contributed by atoms with van der Waals surface area (Å²) in [5.41, 5.74) is 1.14. The molecule has 34 heavy (non-hydrogen) atoms. The van der Waals surface area contributed by atoms with Gasteiger partial charge in [0, 0.05) is 22.0 Å². The van der Waals surface area contributed by atoms with Crippen LogP contribution in [0.15, 0.2) is 84.0 Å².